The maximum Gasteiger partial charge on any atom is 0.254 e. The SMILES string of the molecule is CN(C)NS(=O)(=O)c1ccc(Cl)c(CNC2CC2)c1Cl. The van der Waals surface area contributed by atoms with Gasteiger partial charge in [0, 0.05) is 37.3 Å². The molecule has 0 aromatic heterocycles. The van der Waals surface area contributed by atoms with Gasteiger partial charge in [0.25, 0.3) is 10.0 Å². The number of nitrogens with zero attached hydrogens (tertiary/aromatic N) is 1. The number of halogens is 2. The zero-order valence-electron chi connectivity index (χ0n) is 11.3. The average Bonchev–Trinajstić information content (AvgIpc) is 3.10. The topological polar surface area (TPSA) is 61.4 Å². The van der Waals surface area contributed by atoms with Gasteiger partial charge in [0.2, 0.25) is 0 Å². The Morgan fingerprint density at radius 1 is 1.30 bits per heavy atom. The van der Waals surface area contributed by atoms with Crippen molar-refractivity contribution in [2.45, 2.75) is 30.3 Å². The van der Waals surface area contributed by atoms with Gasteiger partial charge in [0.05, 0.1) is 5.02 Å². The first-order valence-electron chi connectivity index (χ1n) is 6.21. The van der Waals surface area contributed by atoms with Crippen LogP contribution in [0.15, 0.2) is 17.0 Å². The van der Waals surface area contributed by atoms with Crippen molar-refractivity contribution >= 4 is 33.2 Å². The van der Waals surface area contributed by atoms with Gasteiger partial charge < -0.3 is 5.32 Å². The van der Waals surface area contributed by atoms with Gasteiger partial charge in [0.15, 0.2) is 0 Å². The molecule has 8 heteroatoms. The van der Waals surface area contributed by atoms with E-state index in [1.54, 1.807) is 20.2 Å². The highest BCUT2D eigenvalue weighted by atomic mass is 35.5. The quantitative estimate of drug-likeness (QED) is 0.779. The van der Waals surface area contributed by atoms with Crippen molar-refractivity contribution in [1.29, 1.82) is 0 Å². The zero-order valence-corrected chi connectivity index (χ0v) is 13.6. The predicted octanol–water partition coefficient (Wildman–Crippen LogP) is 2.00. The standard InChI is InChI=1S/C12H17Cl2N3O2S/c1-17(2)16-20(18,19)11-6-5-10(13)9(12(11)14)7-15-8-3-4-8/h5-6,8,15-16H,3-4,7H2,1-2H3. The van der Waals surface area contributed by atoms with Crippen LogP contribution in [0, 0.1) is 0 Å². The molecule has 0 heterocycles. The first-order valence-corrected chi connectivity index (χ1v) is 8.45. The van der Waals surface area contributed by atoms with Crippen LogP contribution in [0.25, 0.3) is 0 Å². The molecule has 0 bridgehead atoms. The molecule has 0 aliphatic heterocycles. The van der Waals surface area contributed by atoms with Crippen LogP contribution in [-0.4, -0.2) is 33.6 Å². The molecule has 20 heavy (non-hydrogen) atoms. The Balaban J connectivity index is 2.31. The highest BCUT2D eigenvalue weighted by molar-refractivity contribution is 7.89. The van der Waals surface area contributed by atoms with Gasteiger partial charge >= 0.3 is 0 Å². The second-order valence-electron chi connectivity index (χ2n) is 4.98. The molecule has 1 aromatic rings. The van der Waals surface area contributed by atoms with E-state index >= 15 is 0 Å². The molecule has 0 spiro atoms. The summed E-state index contributed by atoms with van der Waals surface area (Å²) in [5.74, 6) is 0. The second kappa shape index (κ2) is 6.17. The number of nitrogens with one attached hydrogen (secondary N) is 2. The number of hydrazine groups is 1. The smallest absolute Gasteiger partial charge is 0.254 e. The Bertz CT molecular complexity index is 601. The molecule has 1 fully saturated rings. The van der Waals surface area contributed by atoms with Crippen molar-refractivity contribution in [3.63, 3.8) is 0 Å². The third kappa shape index (κ3) is 3.84. The number of benzene rings is 1. The van der Waals surface area contributed by atoms with E-state index in [2.05, 4.69) is 10.1 Å². The van der Waals surface area contributed by atoms with Crippen molar-refractivity contribution in [1.82, 2.24) is 15.2 Å². The van der Waals surface area contributed by atoms with E-state index < -0.39 is 10.0 Å². The summed E-state index contributed by atoms with van der Waals surface area (Å²) < 4.78 is 24.4. The maximum absolute atomic E-state index is 12.2. The Hall–Kier alpha value is -0.370. The molecule has 1 aliphatic rings. The Morgan fingerprint density at radius 3 is 2.50 bits per heavy atom. The fraction of sp³-hybridized carbons (Fsp3) is 0.500. The second-order valence-corrected chi connectivity index (χ2v) is 7.40. The normalized spacial score (nSPS) is 15.8. The number of rotatable bonds is 6. The van der Waals surface area contributed by atoms with E-state index in [0.29, 0.717) is 23.2 Å². The molecule has 0 amide bonds. The fourth-order valence-corrected chi connectivity index (χ4v) is 3.76. The summed E-state index contributed by atoms with van der Waals surface area (Å²) in [4.78, 5) is 2.39. The van der Waals surface area contributed by atoms with Crippen LogP contribution in [-0.2, 0) is 16.6 Å². The molecular formula is C12H17Cl2N3O2S. The van der Waals surface area contributed by atoms with Crippen LogP contribution in [0.1, 0.15) is 18.4 Å². The van der Waals surface area contributed by atoms with E-state index in [9.17, 15) is 8.42 Å². The minimum Gasteiger partial charge on any atom is -0.310 e. The van der Waals surface area contributed by atoms with E-state index in [1.165, 1.54) is 11.1 Å². The van der Waals surface area contributed by atoms with Gasteiger partial charge in [0.1, 0.15) is 4.90 Å². The predicted molar refractivity (Wildman–Crippen MR) is 80.3 cm³/mol. The van der Waals surface area contributed by atoms with Crippen molar-refractivity contribution < 1.29 is 8.42 Å². The molecule has 1 aliphatic carbocycles. The first kappa shape index (κ1) is 16.0. The minimum atomic E-state index is -3.69. The third-order valence-electron chi connectivity index (χ3n) is 2.89. The largest absolute Gasteiger partial charge is 0.310 e. The lowest BCUT2D eigenvalue weighted by Gasteiger charge is -2.16. The van der Waals surface area contributed by atoms with Gasteiger partial charge in [-0.2, -0.15) is 0 Å². The molecular weight excluding hydrogens is 321 g/mol. The highest BCUT2D eigenvalue weighted by Gasteiger charge is 2.24. The summed E-state index contributed by atoms with van der Waals surface area (Å²) in [6, 6.07) is 3.46. The number of sulfonamides is 1. The number of hydrogen-bond donors (Lipinski definition) is 2. The molecule has 2 rings (SSSR count). The number of hydrogen-bond acceptors (Lipinski definition) is 4. The highest BCUT2D eigenvalue weighted by Crippen LogP contribution is 2.32. The fourth-order valence-electron chi connectivity index (χ4n) is 1.77. The molecule has 0 unspecified atom stereocenters. The molecule has 5 nitrogen and oxygen atoms in total. The van der Waals surface area contributed by atoms with Crippen molar-refractivity contribution in [2.24, 2.45) is 0 Å². The van der Waals surface area contributed by atoms with E-state index in [-0.39, 0.29) is 9.92 Å². The summed E-state index contributed by atoms with van der Waals surface area (Å²) in [5.41, 5.74) is 0.613. The maximum atomic E-state index is 12.2. The lowest BCUT2D eigenvalue weighted by molar-refractivity contribution is 0.364. The van der Waals surface area contributed by atoms with Gasteiger partial charge in [-0.15, -0.1) is 4.83 Å². The molecule has 0 saturated heterocycles. The van der Waals surface area contributed by atoms with Gasteiger partial charge in [-0.05, 0) is 25.0 Å². The Labute approximate surface area is 129 Å². The van der Waals surface area contributed by atoms with Crippen LogP contribution in [0.3, 0.4) is 0 Å². The first-order chi connectivity index (χ1) is 9.31. The van der Waals surface area contributed by atoms with Crippen LogP contribution in [0.5, 0.6) is 0 Å². The van der Waals surface area contributed by atoms with E-state index in [1.807, 2.05) is 0 Å². The van der Waals surface area contributed by atoms with E-state index in [4.69, 9.17) is 23.2 Å². The third-order valence-corrected chi connectivity index (χ3v) is 5.31. The molecule has 0 radical (unpaired) electrons. The van der Waals surface area contributed by atoms with Crippen LogP contribution < -0.4 is 10.1 Å². The summed E-state index contributed by atoms with van der Waals surface area (Å²) in [7, 11) is -0.506. The van der Waals surface area contributed by atoms with Gasteiger partial charge in [-0.1, -0.05) is 23.2 Å². The average molecular weight is 338 g/mol. The van der Waals surface area contributed by atoms with Crippen LogP contribution >= 0.6 is 23.2 Å². The Morgan fingerprint density at radius 2 is 1.95 bits per heavy atom. The lowest BCUT2D eigenvalue weighted by Crippen LogP contribution is -2.36. The van der Waals surface area contributed by atoms with Crippen LogP contribution in [0.2, 0.25) is 10.0 Å². The molecule has 2 N–H and O–H groups in total. The Kier molecular flexibility index (Phi) is 4.94. The molecule has 112 valence electrons. The lowest BCUT2D eigenvalue weighted by atomic mass is 10.2. The monoisotopic (exact) mass is 337 g/mol. The van der Waals surface area contributed by atoms with E-state index in [0.717, 1.165) is 12.8 Å². The summed E-state index contributed by atoms with van der Waals surface area (Å²) in [6.45, 7) is 0.466. The van der Waals surface area contributed by atoms with Crippen molar-refractivity contribution in [2.75, 3.05) is 14.1 Å². The minimum absolute atomic E-state index is 0.0323. The van der Waals surface area contributed by atoms with Crippen LogP contribution in [0.4, 0.5) is 0 Å². The van der Waals surface area contributed by atoms with Crippen molar-refractivity contribution in [3.05, 3.63) is 27.7 Å². The molecule has 1 aromatic carbocycles. The molecule has 0 atom stereocenters. The summed E-state index contributed by atoms with van der Waals surface area (Å²) >= 11 is 12.3. The van der Waals surface area contributed by atoms with Gasteiger partial charge in [-0.25, -0.2) is 13.4 Å². The zero-order chi connectivity index (χ0) is 14.9. The summed E-state index contributed by atoms with van der Waals surface area (Å²) in [6.07, 6.45) is 2.27. The van der Waals surface area contributed by atoms with Crippen molar-refractivity contribution in [3.8, 4) is 0 Å². The van der Waals surface area contributed by atoms with Gasteiger partial charge in [-0.3, -0.25) is 0 Å². The summed E-state index contributed by atoms with van der Waals surface area (Å²) in [5, 5.41) is 5.26. The molecule has 1 saturated carbocycles.